The van der Waals surface area contributed by atoms with Gasteiger partial charge in [0.2, 0.25) is 0 Å². The normalized spacial score (nSPS) is 15.6. The molecule has 2 atom stereocenters. The van der Waals surface area contributed by atoms with Gasteiger partial charge in [-0.25, -0.2) is 9.97 Å². The number of anilines is 2. The molecule has 0 N–H and O–H groups in total. The zero-order valence-electron chi connectivity index (χ0n) is 19.1. The highest BCUT2D eigenvalue weighted by molar-refractivity contribution is 6.30. The number of nitrogens with zero attached hydrogens (tertiary/aromatic N) is 5. The van der Waals surface area contributed by atoms with Gasteiger partial charge in [-0.1, -0.05) is 29.8 Å². The van der Waals surface area contributed by atoms with Crippen LogP contribution in [0.1, 0.15) is 18.5 Å². The van der Waals surface area contributed by atoms with Gasteiger partial charge in [0.15, 0.2) is 11.7 Å². The van der Waals surface area contributed by atoms with Crippen LogP contribution >= 0.6 is 11.6 Å². The van der Waals surface area contributed by atoms with E-state index in [1.807, 2.05) is 48.5 Å². The van der Waals surface area contributed by atoms with Crippen molar-refractivity contribution in [1.82, 2.24) is 9.97 Å². The maximum atomic E-state index is 12.9. The fourth-order valence-corrected chi connectivity index (χ4v) is 4.23. The van der Waals surface area contributed by atoms with Gasteiger partial charge in [0.1, 0.15) is 11.8 Å². The molecule has 2 aromatic carbocycles. The van der Waals surface area contributed by atoms with Crippen molar-refractivity contribution >= 4 is 40.1 Å². The molecule has 2 heterocycles. The Morgan fingerprint density at radius 3 is 2.41 bits per heavy atom. The van der Waals surface area contributed by atoms with E-state index in [9.17, 15) is 10.1 Å². The molecule has 0 bridgehead atoms. The number of aromatic nitrogens is 2. The monoisotopic (exact) mass is 479 g/mol. The molecule has 8 nitrogen and oxygen atoms in total. The number of para-hydroxylation sites is 2. The lowest BCUT2D eigenvalue weighted by atomic mass is 10.1. The molecule has 1 aliphatic rings. The number of methoxy groups -OCH3 is 1. The van der Waals surface area contributed by atoms with Gasteiger partial charge in [-0.05, 0) is 37.3 Å². The summed E-state index contributed by atoms with van der Waals surface area (Å²) in [4.78, 5) is 26.7. The predicted molar refractivity (Wildman–Crippen MR) is 131 cm³/mol. The minimum atomic E-state index is -1.20. The van der Waals surface area contributed by atoms with E-state index in [4.69, 9.17) is 31.0 Å². The first-order chi connectivity index (χ1) is 16.5. The Kier molecular flexibility index (Phi) is 7.46. The molecule has 176 valence electrons. The Bertz CT molecular complexity index is 1210. The molecule has 1 saturated heterocycles. The van der Waals surface area contributed by atoms with Crippen LogP contribution < -0.4 is 9.80 Å². The summed E-state index contributed by atoms with van der Waals surface area (Å²) in [7, 11) is 1.53. The van der Waals surface area contributed by atoms with Crippen LogP contribution in [0.15, 0.2) is 48.5 Å². The molecule has 0 unspecified atom stereocenters. The van der Waals surface area contributed by atoms with Crippen molar-refractivity contribution in [1.29, 1.82) is 5.26 Å². The van der Waals surface area contributed by atoms with Crippen molar-refractivity contribution in [3.63, 3.8) is 0 Å². The highest BCUT2D eigenvalue weighted by atomic mass is 35.5. The highest BCUT2D eigenvalue weighted by Crippen LogP contribution is 2.30. The van der Waals surface area contributed by atoms with Crippen LogP contribution in [-0.4, -0.2) is 61.9 Å². The topological polar surface area (TPSA) is 91.6 Å². The first kappa shape index (κ1) is 23.7. The van der Waals surface area contributed by atoms with Crippen molar-refractivity contribution in [2.75, 3.05) is 49.7 Å². The van der Waals surface area contributed by atoms with Gasteiger partial charge in [0.05, 0.1) is 23.7 Å². The third kappa shape index (κ3) is 5.22. The molecule has 3 aromatic rings. The fourth-order valence-electron chi connectivity index (χ4n) is 4.04. The summed E-state index contributed by atoms with van der Waals surface area (Å²) in [5.74, 6) is -1.32. The maximum absolute atomic E-state index is 12.9. The number of hydrogen-bond acceptors (Lipinski definition) is 8. The predicted octanol–water partition coefficient (Wildman–Crippen LogP) is 3.80. The summed E-state index contributed by atoms with van der Waals surface area (Å²) in [6.07, 6.45) is -0.480. The standard InChI is InChI=1S/C25H26ClN5O3/c1-17(16-33-2)34-25(32)20(15-27)23-24(29-22-9-4-3-8-21(22)28-23)31-12-10-30(11-13-31)19-7-5-6-18(26)14-19/h3-9,14,17,20H,10-13,16H2,1-2H3/t17-,20-/m0/s1. The van der Waals surface area contributed by atoms with Crippen molar-refractivity contribution in [3.05, 3.63) is 59.2 Å². The molecule has 0 spiro atoms. The molecule has 9 heteroatoms. The molecule has 1 aromatic heterocycles. The van der Waals surface area contributed by atoms with Crippen molar-refractivity contribution < 1.29 is 14.3 Å². The molecule has 4 rings (SSSR count). The number of esters is 1. The Labute approximate surface area is 203 Å². The van der Waals surface area contributed by atoms with E-state index in [1.54, 1.807) is 6.92 Å². The Hall–Kier alpha value is -3.41. The number of nitriles is 1. The molecule has 34 heavy (non-hydrogen) atoms. The Morgan fingerprint density at radius 2 is 1.76 bits per heavy atom. The number of halogens is 1. The largest absolute Gasteiger partial charge is 0.459 e. The summed E-state index contributed by atoms with van der Waals surface area (Å²) in [6, 6.07) is 17.3. The van der Waals surface area contributed by atoms with E-state index in [0.29, 0.717) is 40.7 Å². The lowest BCUT2D eigenvalue weighted by Gasteiger charge is -2.37. The van der Waals surface area contributed by atoms with Crippen LogP contribution in [0, 0.1) is 11.3 Å². The molecule has 0 aliphatic carbocycles. The van der Waals surface area contributed by atoms with Crippen molar-refractivity contribution in [3.8, 4) is 6.07 Å². The molecule has 0 amide bonds. The highest BCUT2D eigenvalue weighted by Gasteiger charge is 2.32. The molecular weight excluding hydrogens is 454 g/mol. The third-order valence-electron chi connectivity index (χ3n) is 5.69. The van der Waals surface area contributed by atoms with E-state index in [1.165, 1.54) is 7.11 Å². The number of carbonyl (C=O) groups is 1. The van der Waals surface area contributed by atoms with Gasteiger partial charge in [-0.15, -0.1) is 0 Å². The lowest BCUT2D eigenvalue weighted by Crippen LogP contribution is -2.47. The van der Waals surface area contributed by atoms with Gasteiger partial charge < -0.3 is 19.3 Å². The zero-order chi connectivity index (χ0) is 24.1. The van der Waals surface area contributed by atoms with Crippen molar-refractivity contribution in [2.45, 2.75) is 18.9 Å². The zero-order valence-corrected chi connectivity index (χ0v) is 19.9. The van der Waals surface area contributed by atoms with Crippen LogP contribution in [0.3, 0.4) is 0 Å². The number of hydrogen-bond donors (Lipinski definition) is 0. The van der Waals surface area contributed by atoms with E-state index in [2.05, 4.69) is 15.9 Å². The SMILES string of the molecule is COC[C@H](C)OC(=O)[C@@H](C#N)c1nc2ccccc2nc1N1CCN(c2cccc(Cl)c2)CC1. The van der Waals surface area contributed by atoms with Crippen molar-refractivity contribution in [2.24, 2.45) is 0 Å². The summed E-state index contributed by atoms with van der Waals surface area (Å²) < 4.78 is 10.5. The van der Waals surface area contributed by atoms with Crippen LogP contribution in [0.25, 0.3) is 11.0 Å². The van der Waals surface area contributed by atoms with Crippen LogP contribution in [0.4, 0.5) is 11.5 Å². The van der Waals surface area contributed by atoms with Crippen LogP contribution in [0.2, 0.25) is 5.02 Å². The number of benzene rings is 2. The number of piperazine rings is 1. The molecule has 0 saturated carbocycles. The number of ether oxygens (including phenoxy) is 2. The van der Waals surface area contributed by atoms with E-state index in [-0.39, 0.29) is 6.61 Å². The first-order valence-electron chi connectivity index (χ1n) is 11.1. The van der Waals surface area contributed by atoms with Gasteiger partial charge in [0, 0.05) is 44.0 Å². The lowest BCUT2D eigenvalue weighted by molar-refractivity contribution is -0.150. The second-order valence-electron chi connectivity index (χ2n) is 8.14. The summed E-state index contributed by atoms with van der Waals surface area (Å²) in [5.41, 5.74) is 2.70. The Morgan fingerprint density at radius 1 is 1.09 bits per heavy atom. The maximum Gasteiger partial charge on any atom is 0.330 e. The number of carbonyl (C=O) groups excluding carboxylic acids is 1. The van der Waals surface area contributed by atoms with E-state index in [0.717, 1.165) is 18.8 Å². The second kappa shape index (κ2) is 10.7. The first-order valence-corrected chi connectivity index (χ1v) is 11.5. The van der Waals surface area contributed by atoms with E-state index < -0.39 is 18.0 Å². The molecule has 0 radical (unpaired) electrons. The van der Waals surface area contributed by atoms with Crippen LogP contribution in [-0.2, 0) is 14.3 Å². The summed E-state index contributed by atoms with van der Waals surface area (Å²) in [5, 5.41) is 10.6. The minimum Gasteiger partial charge on any atom is -0.459 e. The number of fused-ring (bicyclic) bond motifs is 1. The molecular formula is C25H26ClN5O3. The average molecular weight is 480 g/mol. The van der Waals surface area contributed by atoms with Gasteiger partial charge in [0.25, 0.3) is 0 Å². The Balaban J connectivity index is 1.63. The quantitative estimate of drug-likeness (QED) is 0.472. The molecule has 1 fully saturated rings. The third-order valence-corrected chi connectivity index (χ3v) is 5.92. The van der Waals surface area contributed by atoms with Crippen LogP contribution in [0.5, 0.6) is 0 Å². The van der Waals surface area contributed by atoms with E-state index >= 15 is 0 Å². The smallest absolute Gasteiger partial charge is 0.330 e. The van der Waals surface area contributed by atoms with Gasteiger partial charge >= 0.3 is 5.97 Å². The summed E-state index contributed by atoms with van der Waals surface area (Å²) in [6.45, 7) is 4.74. The minimum absolute atomic E-state index is 0.242. The van der Waals surface area contributed by atoms with Gasteiger partial charge in [-0.2, -0.15) is 5.26 Å². The average Bonchev–Trinajstić information content (AvgIpc) is 2.84. The fraction of sp³-hybridized carbons (Fsp3) is 0.360. The second-order valence-corrected chi connectivity index (χ2v) is 8.58. The summed E-state index contributed by atoms with van der Waals surface area (Å²) >= 11 is 6.16. The molecule has 1 aliphatic heterocycles. The number of rotatable bonds is 7. The van der Waals surface area contributed by atoms with Gasteiger partial charge in [-0.3, -0.25) is 4.79 Å².